The Morgan fingerprint density at radius 3 is 2.88 bits per heavy atom. The molecule has 3 unspecified atom stereocenters. The fourth-order valence-electron chi connectivity index (χ4n) is 2.95. The molecular weight excluding hydrogens is 214 g/mol. The molecule has 0 spiro atoms. The highest BCUT2D eigenvalue weighted by atomic mass is 16.5. The van der Waals surface area contributed by atoms with Gasteiger partial charge in [0.15, 0.2) is 0 Å². The predicted molar refractivity (Wildman–Crippen MR) is 67.8 cm³/mol. The Morgan fingerprint density at radius 2 is 2.35 bits per heavy atom. The van der Waals surface area contributed by atoms with Crippen LogP contribution in [0.15, 0.2) is 6.20 Å². The Labute approximate surface area is 103 Å². The zero-order chi connectivity index (χ0) is 12.4. The Bertz CT molecular complexity index is 355. The molecule has 0 amide bonds. The van der Waals surface area contributed by atoms with Crippen LogP contribution in [0.4, 0.5) is 0 Å². The van der Waals surface area contributed by atoms with Gasteiger partial charge in [0.25, 0.3) is 0 Å². The zero-order valence-corrected chi connectivity index (χ0v) is 11.2. The molecule has 0 aliphatic carbocycles. The standard InChI is InChI=1S/C13H23N3O/c1-9-7-15-16(4)13(9)12(14-3)11-5-6-17-8-10(11)2/h7,10-12,14H,5-6,8H2,1-4H3. The number of ether oxygens (including phenoxy) is 1. The molecule has 2 rings (SSSR count). The van der Waals surface area contributed by atoms with E-state index >= 15 is 0 Å². The molecular formula is C13H23N3O. The van der Waals surface area contributed by atoms with Crippen LogP contribution in [-0.4, -0.2) is 30.0 Å². The van der Waals surface area contributed by atoms with E-state index in [1.807, 2.05) is 25.0 Å². The molecule has 17 heavy (non-hydrogen) atoms. The maximum Gasteiger partial charge on any atom is 0.0582 e. The monoisotopic (exact) mass is 237 g/mol. The first-order chi connectivity index (χ1) is 8.15. The van der Waals surface area contributed by atoms with Gasteiger partial charge in [0.2, 0.25) is 0 Å². The normalized spacial score (nSPS) is 27.1. The highest BCUT2D eigenvalue weighted by Crippen LogP contribution is 2.34. The second-order valence-corrected chi connectivity index (χ2v) is 5.11. The summed E-state index contributed by atoms with van der Waals surface area (Å²) in [5.74, 6) is 1.22. The van der Waals surface area contributed by atoms with Gasteiger partial charge >= 0.3 is 0 Å². The van der Waals surface area contributed by atoms with Crippen LogP contribution >= 0.6 is 0 Å². The second-order valence-electron chi connectivity index (χ2n) is 5.11. The van der Waals surface area contributed by atoms with Crippen molar-refractivity contribution in [3.8, 4) is 0 Å². The SMILES string of the molecule is CNC(c1c(C)cnn1C)C1CCOCC1C. The zero-order valence-electron chi connectivity index (χ0n) is 11.2. The molecule has 2 heterocycles. The molecule has 1 aliphatic rings. The molecule has 4 nitrogen and oxygen atoms in total. The number of hydrogen-bond acceptors (Lipinski definition) is 3. The van der Waals surface area contributed by atoms with Crippen LogP contribution in [0.1, 0.15) is 30.6 Å². The van der Waals surface area contributed by atoms with E-state index in [1.165, 1.54) is 11.3 Å². The van der Waals surface area contributed by atoms with Gasteiger partial charge in [-0.05, 0) is 37.8 Å². The highest BCUT2D eigenvalue weighted by Gasteiger charge is 2.32. The molecule has 4 heteroatoms. The third-order valence-corrected chi connectivity index (χ3v) is 3.92. The van der Waals surface area contributed by atoms with Crippen LogP contribution < -0.4 is 5.32 Å². The Hall–Kier alpha value is -0.870. The lowest BCUT2D eigenvalue weighted by Gasteiger charge is -2.35. The first-order valence-corrected chi connectivity index (χ1v) is 6.38. The molecule has 0 saturated carbocycles. The van der Waals surface area contributed by atoms with Gasteiger partial charge in [0, 0.05) is 20.3 Å². The smallest absolute Gasteiger partial charge is 0.0582 e. The minimum absolute atomic E-state index is 0.376. The van der Waals surface area contributed by atoms with E-state index in [4.69, 9.17) is 4.74 Å². The molecule has 1 N–H and O–H groups in total. The van der Waals surface area contributed by atoms with Gasteiger partial charge in [-0.15, -0.1) is 0 Å². The second kappa shape index (κ2) is 5.19. The van der Waals surface area contributed by atoms with E-state index in [0.29, 0.717) is 17.9 Å². The van der Waals surface area contributed by atoms with Crippen LogP contribution in [-0.2, 0) is 11.8 Å². The van der Waals surface area contributed by atoms with Crippen LogP contribution in [0.3, 0.4) is 0 Å². The Morgan fingerprint density at radius 1 is 1.59 bits per heavy atom. The van der Waals surface area contributed by atoms with Gasteiger partial charge in [-0.3, -0.25) is 4.68 Å². The van der Waals surface area contributed by atoms with Crippen molar-refractivity contribution in [1.82, 2.24) is 15.1 Å². The van der Waals surface area contributed by atoms with E-state index in [2.05, 4.69) is 24.3 Å². The van der Waals surface area contributed by atoms with Crippen molar-refractivity contribution in [2.45, 2.75) is 26.3 Å². The predicted octanol–water partition coefficient (Wildman–Crippen LogP) is 1.66. The van der Waals surface area contributed by atoms with Crippen molar-refractivity contribution in [2.24, 2.45) is 18.9 Å². The maximum absolute atomic E-state index is 5.53. The number of hydrogen-bond donors (Lipinski definition) is 1. The minimum Gasteiger partial charge on any atom is -0.381 e. The molecule has 3 atom stereocenters. The van der Waals surface area contributed by atoms with Crippen LogP contribution in [0.25, 0.3) is 0 Å². The third kappa shape index (κ3) is 2.38. The summed E-state index contributed by atoms with van der Waals surface area (Å²) in [5, 5.41) is 7.82. The summed E-state index contributed by atoms with van der Waals surface area (Å²) in [7, 11) is 4.07. The van der Waals surface area contributed by atoms with E-state index < -0.39 is 0 Å². The van der Waals surface area contributed by atoms with Gasteiger partial charge < -0.3 is 10.1 Å². The first-order valence-electron chi connectivity index (χ1n) is 6.38. The van der Waals surface area contributed by atoms with Gasteiger partial charge in [0.05, 0.1) is 17.9 Å². The minimum atomic E-state index is 0.376. The van der Waals surface area contributed by atoms with Crippen molar-refractivity contribution < 1.29 is 4.74 Å². The van der Waals surface area contributed by atoms with E-state index in [0.717, 1.165) is 19.6 Å². The van der Waals surface area contributed by atoms with Gasteiger partial charge in [0.1, 0.15) is 0 Å². The lowest BCUT2D eigenvalue weighted by molar-refractivity contribution is 0.0105. The first kappa shape index (κ1) is 12.6. The molecule has 1 aromatic rings. The lowest BCUT2D eigenvalue weighted by atomic mass is 9.81. The topological polar surface area (TPSA) is 39.1 Å². The summed E-state index contributed by atoms with van der Waals surface area (Å²) < 4.78 is 7.53. The molecule has 1 aromatic heterocycles. The quantitative estimate of drug-likeness (QED) is 0.869. The number of nitrogens with one attached hydrogen (secondary N) is 1. The van der Waals surface area contributed by atoms with Crippen LogP contribution in [0.2, 0.25) is 0 Å². The largest absolute Gasteiger partial charge is 0.381 e. The Balaban J connectivity index is 2.26. The molecule has 96 valence electrons. The molecule has 1 saturated heterocycles. The molecule has 0 radical (unpaired) electrons. The van der Waals surface area contributed by atoms with E-state index in [1.54, 1.807) is 0 Å². The van der Waals surface area contributed by atoms with Crippen molar-refractivity contribution in [3.05, 3.63) is 17.5 Å². The molecule has 1 aliphatic heterocycles. The molecule has 0 bridgehead atoms. The third-order valence-electron chi connectivity index (χ3n) is 3.92. The molecule has 1 fully saturated rings. The van der Waals surface area contributed by atoms with E-state index in [-0.39, 0.29) is 0 Å². The summed E-state index contributed by atoms with van der Waals surface area (Å²) >= 11 is 0. The van der Waals surface area contributed by atoms with Gasteiger partial charge in [-0.25, -0.2) is 0 Å². The van der Waals surface area contributed by atoms with Crippen molar-refractivity contribution >= 4 is 0 Å². The summed E-state index contributed by atoms with van der Waals surface area (Å²) in [4.78, 5) is 0. The van der Waals surface area contributed by atoms with Crippen LogP contribution in [0, 0.1) is 18.8 Å². The summed E-state index contributed by atoms with van der Waals surface area (Å²) in [6, 6.07) is 0.376. The maximum atomic E-state index is 5.53. The number of aryl methyl sites for hydroxylation is 2. The fraction of sp³-hybridized carbons (Fsp3) is 0.769. The summed E-state index contributed by atoms with van der Waals surface area (Å²) in [5.41, 5.74) is 2.58. The molecule has 0 aromatic carbocycles. The van der Waals surface area contributed by atoms with Crippen molar-refractivity contribution in [3.63, 3.8) is 0 Å². The van der Waals surface area contributed by atoms with Gasteiger partial charge in [-0.1, -0.05) is 6.92 Å². The lowest BCUT2D eigenvalue weighted by Crippen LogP contribution is -2.36. The average Bonchev–Trinajstić information content (AvgIpc) is 2.64. The van der Waals surface area contributed by atoms with Gasteiger partial charge in [-0.2, -0.15) is 5.10 Å². The van der Waals surface area contributed by atoms with Crippen molar-refractivity contribution in [1.29, 1.82) is 0 Å². The highest BCUT2D eigenvalue weighted by molar-refractivity contribution is 5.20. The van der Waals surface area contributed by atoms with E-state index in [9.17, 15) is 0 Å². The Kier molecular flexibility index (Phi) is 3.84. The number of rotatable bonds is 3. The van der Waals surface area contributed by atoms with Crippen LogP contribution in [0.5, 0.6) is 0 Å². The van der Waals surface area contributed by atoms with Crippen molar-refractivity contribution in [2.75, 3.05) is 20.3 Å². The fourth-order valence-corrected chi connectivity index (χ4v) is 2.95. The number of nitrogens with zero attached hydrogens (tertiary/aromatic N) is 2. The summed E-state index contributed by atoms with van der Waals surface area (Å²) in [6.07, 6.45) is 3.07. The number of aromatic nitrogens is 2. The summed E-state index contributed by atoms with van der Waals surface area (Å²) in [6.45, 7) is 6.17. The average molecular weight is 237 g/mol.